The Hall–Kier alpha value is -2.05. The van der Waals surface area contributed by atoms with E-state index >= 15 is 0 Å². The fourth-order valence-electron chi connectivity index (χ4n) is 1.91. The Kier molecular flexibility index (Phi) is 4.60. The molecule has 1 heterocycles. The van der Waals surface area contributed by atoms with Crippen molar-refractivity contribution in [1.29, 1.82) is 0 Å². The number of aromatic nitrogens is 2. The van der Waals surface area contributed by atoms with Crippen LogP contribution in [0.4, 0.5) is 11.6 Å². The summed E-state index contributed by atoms with van der Waals surface area (Å²) in [6.45, 7) is 0.637. The van der Waals surface area contributed by atoms with Crippen LogP contribution < -0.4 is 20.9 Å². The van der Waals surface area contributed by atoms with E-state index in [4.69, 9.17) is 22.2 Å². The highest BCUT2D eigenvalue weighted by Gasteiger charge is 2.15. The molecule has 0 radical (unpaired) electrons. The van der Waals surface area contributed by atoms with Crippen LogP contribution in [0.2, 0.25) is 5.02 Å². The van der Waals surface area contributed by atoms with Crippen LogP contribution >= 0.6 is 11.6 Å². The molecular formula is C13H16ClN5O. The van der Waals surface area contributed by atoms with E-state index < -0.39 is 0 Å². The lowest BCUT2D eigenvalue weighted by molar-refractivity contribution is 0.412. The van der Waals surface area contributed by atoms with Crippen LogP contribution in [0.15, 0.2) is 30.6 Å². The Labute approximate surface area is 122 Å². The number of rotatable bonds is 5. The van der Waals surface area contributed by atoms with Crippen molar-refractivity contribution < 1.29 is 4.74 Å². The van der Waals surface area contributed by atoms with Gasteiger partial charge in [-0.25, -0.2) is 15.8 Å². The minimum Gasteiger partial charge on any atom is -0.490 e. The van der Waals surface area contributed by atoms with Gasteiger partial charge >= 0.3 is 0 Å². The largest absolute Gasteiger partial charge is 0.490 e. The molecular weight excluding hydrogens is 278 g/mol. The fourth-order valence-corrected chi connectivity index (χ4v) is 2.12. The number of nitrogens with one attached hydrogen (secondary N) is 1. The van der Waals surface area contributed by atoms with Crippen molar-refractivity contribution in [1.82, 2.24) is 9.97 Å². The van der Waals surface area contributed by atoms with Crippen molar-refractivity contribution in [2.45, 2.75) is 6.54 Å². The lowest BCUT2D eigenvalue weighted by atomic mass is 10.2. The van der Waals surface area contributed by atoms with Gasteiger partial charge < -0.3 is 15.1 Å². The van der Waals surface area contributed by atoms with Gasteiger partial charge in [-0.2, -0.15) is 0 Å². The maximum absolute atomic E-state index is 5.99. The van der Waals surface area contributed by atoms with Gasteiger partial charge in [0.2, 0.25) is 5.75 Å². The highest BCUT2D eigenvalue weighted by atomic mass is 35.5. The summed E-state index contributed by atoms with van der Waals surface area (Å²) in [7, 11) is 3.46. The molecule has 0 amide bonds. The molecule has 0 fully saturated rings. The second-order valence-corrected chi connectivity index (χ2v) is 4.65. The number of nitrogens with zero attached hydrogens (tertiary/aromatic N) is 3. The summed E-state index contributed by atoms with van der Waals surface area (Å²) >= 11 is 5.99. The molecule has 1 aromatic heterocycles. The van der Waals surface area contributed by atoms with Gasteiger partial charge in [-0.3, -0.25) is 0 Å². The Morgan fingerprint density at radius 2 is 2.20 bits per heavy atom. The third kappa shape index (κ3) is 3.09. The van der Waals surface area contributed by atoms with Gasteiger partial charge in [-0.15, -0.1) is 0 Å². The number of ether oxygens (including phenoxy) is 1. The molecule has 3 N–H and O–H groups in total. The highest BCUT2D eigenvalue weighted by Crippen LogP contribution is 2.31. The third-order valence-electron chi connectivity index (χ3n) is 2.80. The number of hydrazine groups is 1. The van der Waals surface area contributed by atoms with Gasteiger partial charge in [0.1, 0.15) is 6.33 Å². The van der Waals surface area contributed by atoms with E-state index in [0.717, 1.165) is 5.56 Å². The first-order valence-electron chi connectivity index (χ1n) is 5.97. The van der Waals surface area contributed by atoms with Crippen LogP contribution in [0, 0.1) is 0 Å². The first kappa shape index (κ1) is 14.4. The quantitative estimate of drug-likeness (QED) is 0.649. The van der Waals surface area contributed by atoms with Crippen LogP contribution in [-0.4, -0.2) is 24.1 Å². The van der Waals surface area contributed by atoms with Crippen LogP contribution in [0.3, 0.4) is 0 Å². The number of nitrogens with two attached hydrogens (primary N) is 1. The molecule has 1 aromatic carbocycles. The SMILES string of the molecule is COc1c(NN)ncnc1N(C)Cc1cccc(Cl)c1. The van der Waals surface area contributed by atoms with Gasteiger partial charge in [0.25, 0.3) is 0 Å². The molecule has 0 aliphatic rings. The maximum atomic E-state index is 5.99. The second-order valence-electron chi connectivity index (χ2n) is 4.21. The molecule has 0 spiro atoms. The molecule has 2 aromatic rings. The Morgan fingerprint density at radius 3 is 2.85 bits per heavy atom. The van der Waals surface area contributed by atoms with Crippen molar-refractivity contribution in [3.8, 4) is 5.75 Å². The van der Waals surface area contributed by atoms with Crippen molar-refractivity contribution in [3.05, 3.63) is 41.2 Å². The minimum atomic E-state index is 0.440. The molecule has 7 heteroatoms. The number of hydrogen-bond donors (Lipinski definition) is 2. The van der Waals surface area contributed by atoms with Crippen molar-refractivity contribution in [2.75, 3.05) is 24.5 Å². The zero-order valence-corrected chi connectivity index (χ0v) is 12.1. The first-order chi connectivity index (χ1) is 9.65. The second kappa shape index (κ2) is 6.40. The number of hydrogen-bond acceptors (Lipinski definition) is 6. The zero-order chi connectivity index (χ0) is 14.5. The molecule has 0 aliphatic heterocycles. The monoisotopic (exact) mass is 293 g/mol. The summed E-state index contributed by atoms with van der Waals surface area (Å²) in [6, 6.07) is 7.66. The van der Waals surface area contributed by atoms with Crippen molar-refractivity contribution >= 4 is 23.2 Å². The molecule has 0 saturated heterocycles. The van der Waals surface area contributed by atoms with Gasteiger partial charge in [-0.05, 0) is 17.7 Å². The minimum absolute atomic E-state index is 0.440. The van der Waals surface area contributed by atoms with E-state index in [9.17, 15) is 0 Å². The van der Waals surface area contributed by atoms with Gasteiger partial charge in [0.05, 0.1) is 7.11 Å². The summed E-state index contributed by atoms with van der Waals surface area (Å²) in [5.41, 5.74) is 3.56. The van der Waals surface area contributed by atoms with Crippen molar-refractivity contribution in [3.63, 3.8) is 0 Å². The predicted molar refractivity (Wildman–Crippen MR) is 80.0 cm³/mol. The van der Waals surface area contributed by atoms with Gasteiger partial charge in [0.15, 0.2) is 11.6 Å². The molecule has 20 heavy (non-hydrogen) atoms. The Balaban J connectivity index is 2.27. The summed E-state index contributed by atoms with van der Waals surface area (Å²) < 4.78 is 5.31. The number of benzene rings is 1. The van der Waals surface area contributed by atoms with E-state index in [2.05, 4.69) is 15.4 Å². The lowest BCUT2D eigenvalue weighted by Gasteiger charge is -2.21. The molecule has 0 aliphatic carbocycles. The summed E-state index contributed by atoms with van der Waals surface area (Å²) in [4.78, 5) is 10.2. The highest BCUT2D eigenvalue weighted by molar-refractivity contribution is 6.30. The standard InChI is InChI=1S/C13H16ClN5O/c1-19(7-9-4-3-5-10(14)6-9)13-11(20-2)12(18-15)16-8-17-13/h3-6,8H,7,15H2,1-2H3,(H,16,17,18). The van der Waals surface area contributed by atoms with Gasteiger partial charge in [-0.1, -0.05) is 23.7 Å². The molecule has 0 atom stereocenters. The van der Waals surface area contributed by atoms with E-state index in [0.29, 0.717) is 29.0 Å². The third-order valence-corrected chi connectivity index (χ3v) is 3.03. The predicted octanol–water partition coefficient (Wildman–Crippen LogP) is 2.06. The number of methoxy groups -OCH3 is 1. The number of nitrogen functional groups attached to an aromatic ring is 1. The van der Waals surface area contributed by atoms with Crippen LogP contribution in [0.5, 0.6) is 5.75 Å². The molecule has 0 unspecified atom stereocenters. The summed E-state index contributed by atoms with van der Waals surface area (Å²) in [6.07, 6.45) is 1.43. The molecule has 6 nitrogen and oxygen atoms in total. The summed E-state index contributed by atoms with van der Waals surface area (Å²) in [5.74, 6) is 7.00. The average molecular weight is 294 g/mol. The molecule has 106 valence electrons. The van der Waals surface area contributed by atoms with E-state index in [1.165, 1.54) is 6.33 Å². The lowest BCUT2D eigenvalue weighted by Crippen LogP contribution is -2.20. The Bertz CT molecular complexity index is 593. The number of anilines is 2. The maximum Gasteiger partial charge on any atom is 0.205 e. The van der Waals surface area contributed by atoms with Crippen LogP contribution in [0.1, 0.15) is 5.56 Å². The first-order valence-corrected chi connectivity index (χ1v) is 6.34. The van der Waals surface area contributed by atoms with Gasteiger partial charge in [0, 0.05) is 18.6 Å². The normalized spacial score (nSPS) is 10.2. The van der Waals surface area contributed by atoms with Crippen LogP contribution in [-0.2, 0) is 6.54 Å². The molecule has 0 bridgehead atoms. The molecule has 0 saturated carbocycles. The Morgan fingerprint density at radius 1 is 1.40 bits per heavy atom. The van der Waals surface area contributed by atoms with E-state index in [1.54, 1.807) is 7.11 Å². The van der Waals surface area contributed by atoms with E-state index in [1.807, 2.05) is 36.2 Å². The van der Waals surface area contributed by atoms with Crippen molar-refractivity contribution in [2.24, 2.45) is 5.84 Å². The zero-order valence-electron chi connectivity index (χ0n) is 11.3. The summed E-state index contributed by atoms with van der Waals surface area (Å²) in [5, 5.41) is 0.704. The fraction of sp³-hybridized carbons (Fsp3) is 0.231. The number of halogens is 1. The van der Waals surface area contributed by atoms with Crippen LogP contribution in [0.25, 0.3) is 0 Å². The molecule has 2 rings (SSSR count). The van der Waals surface area contributed by atoms with E-state index in [-0.39, 0.29) is 0 Å². The average Bonchev–Trinajstić information content (AvgIpc) is 2.46. The topological polar surface area (TPSA) is 76.3 Å². The smallest absolute Gasteiger partial charge is 0.205 e.